The first-order chi connectivity index (χ1) is 11.8. The number of thioether (sulfide) groups is 1. The zero-order chi connectivity index (χ0) is 18.7. The van der Waals surface area contributed by atoms with E-state index in [1.165, 1.54) is 6.92 Å². The molecule has 0 fully saturated rings. The minimum atomic E-state index is -0.125. The lowest BCUT2D eigenvalue weighted by Gasteiger charge is -2.14. The van der Waals surface area contributed by atoms with Crippen molar-refractivity contribution in [2.45, 2.75) is 51.9 Å². The fourth-order valence-corrected chi connectivity index (χ4v) is 3.55. The third kappa shape index (κ3) is 4.12. The van der Waals surface area contributed by atoms with Crippen molar-refractivity contribution in [2.24, 2.45) is 7.05 Å². The number of ketones is 1. The van der Waals surface area contributed by atoms with Gasteiger partial charge in [-0.2, -0.15) is 5.10 Å². The van der Waals surface area contributed by atoms with E-state index in [0.717, 1.165) is 16.5 Å². The third-order valence-corrected chi connectivity index (χ3v) is 5.01. The molecule has 8 heteroatoms. The molecule has 0 saturated carbocycles. The van der Waals surface area contributed by atoms with Crippen molar-refractivity contribution in [3.8, 4) is 0 Å². The van der Waals surface area contributed by atoms with Gasteiger partial charge < -0.3 is 9.88 Å². The van der Waals surface area contributed by atoms with Crippen LogP contribution in [-0.2, 0) is 18.4 Å². The molecule has 0 aliphatic rings. The summed E-state index contributed by atoms with van der Waals surface area (Å²) in [5.74, 6) is -0.0602. The van der Waals surface area contributed by atoms with Gasteiger partial charge in [-0.15, -0.1) is 0 Å². The molecule has 1 N–H and O–H groups in total. The van der Waals surface area contributed by atoms with E-state index in [-0.39, 0.29) is 17.7 Å². The first-order valence-corrected chi connectivity index (χ1v) is 9.36. The molecular weight excluding hydrogens is 338 g/mol. The molecule has 0 aliphatic heterocycles. The summed E-state index contributed by atoms with van der Waals surface area (Å²) in [7, 11) is 1.93. The van der Waals surface area contributed by atoms with Crippen molar-refractivity contribution in [3.63, 3.8) is 0 Å². The van der Waals surface area contributed by atoms with Crippen LogP contribution in [0.1, 0.15) is 53.7 Å². The SMILES string of the molecule is CSc1ncc(CNC(=O)C[C@@H](C)n2nc(C)c(C(C)=O)c2C)n1C. The summed E-state index contributed by atoms with van der Waals surface area (Å²) < 4.78 is 3.73. The predicted octanol–water partition coefficient (Wildman–Crippen LogP) is 2.43. The summed E-state index contributed by atoms with van der Waals surface area (Å²) >= 11 is 1.57. The van der Waals surface area contributed by atoms with Crippen molar-refractivity contribution >= 4 is 23.5 Å². The molecule has 0 bridgehead atoms. The molecule has 136 valence electrons. The molecule has 0 unspecified atom stereocenters. The lowest BCUT2D eigenvalue weighted by molar-refractivity contribution is -0.122. The number of carbonyl (C=O) groups excluding carboxylic acids is 2. The highest BCUT2D eigenvalue weighted by Gasteiger charge is 2.20. The molecule has 2 rings (SSSR count). The van der Waals surface area contributed by atoms with Gasteiger partial charge in [0.15, 0.2) is 10.9 Å². The second-order valence-electron chi connectivity index (χ2n) is 6.17. The Balaban J connectivity index is 1.99. The van der Waals surface area contributed by atoms with E-state index in [0.29, 0.717) is 24.2 Å². The van der Waals surface area contributed by atoms with Crippen LogP contribution >= 0.6 is 11.8 Å². The Morgan fingerprint density at radius 1 is 1.36 bits per heavy atom. The Bertz CT molecular complexity index is 793. The van der Waals surface area contributed by atoms with E-state index in [4.69, 9.17) is 0 Å². The van der Waals surface area contributed by atoms with Crippen LogP contribution in [0.25, 0.3) is 0 Å². The quantitative estimate of drug-likeness (QED) is 0.603. The minimum absolute atomic E-state index is 0.00120. The predicted molar refractivity (Wildman–Crippen MR) is 97.9 cm³/mol. The first kappa shape index (κ1) is 19.2. The maximum absolute atomic E-state index is 12.3. The molecule has 0 radical (unpaired) electrons. The second kappa shape index (κ2) is 7.86. The number of hydrogen-bond acceptors (Lipinski definition) is 5. The van der Waals surface area contributed by atoms with Crippen molar-refractivity contribution in [1.29, 1.82) is 0 Å². The topological polar surface area (TPSA) is 81.8 Å². The van der Waals surface area contributed by atoms with Gasteiger partial charge in [0, 0.05) is 19.2 Å². The Kier molecular flexibility index (Phi) is 6.05. The monoisotopic (exact) mass is 363 g/mol. The van der Waals surface area contributed by atoms with E-state index in [2.05, 4.69) is 15.4 Å². The van der Waals surface area contributed by atoms with E-state index in [1.54, 1.807) is 22.6 Å². The van der Waals surface area contributed by atoms with Gasteiger partial charge >= 0.3 is 0 Å². The number of nitrogens with zero attached hydrogens (tertiary/aromatic N) is 4. The lowest BCUT2D eigenvalue weighted by Crippen LogP contribution is -2.27. The zero-order valence-electron chi connectivity index (χ0n) is 15.6. The van der Waals surface area contributed by atoms with E-state index in [1.807, 2.05) is 38.6 Å². The number of aryl methyl sites for hydroxylation is 1. The maximum Gasteiger partial charge on any atom is 0.222 e. The highest BCUT2D eigenvalue weighted by molar-refractivity contribution is 7.98. The Morgan fingerprint density at radius 3 is 2.56 bits per heavy atom. The normalized spacial score (nSPS) is 12.2. The zero-order valence-corrected chi connectivity index (χ0v) is 16.4. The highest BCUT2D eigenvalue weighted by atomic mass is 32.2. The van der Waals surface area contributed by atoms with E-state index >= 15 is 0 Å². The van der Waals surface area contributed by atoms with Crippen LogP contribution < -0.4 is 5.32 Å². The van der Waals surface area contributed by atoms with E-state index in [9.17, 15) is 9.59 Å². The van der Waals surface area contributed by atoms with Crippen molar-refractivity contribution in [3.05, 3.63) is 28.8 Å². The number of Topliss-reactive ketones (excluding diaryl/α,β-unsaturated/α-hetero) is 1. The van der Waals surface area contributed by atoms with Crippen LogP contribution in [0.2, 0.25) is 0 Å². The second-order valence-corrected chi connectivity index (χ2v) is 6.95. The number of nitrogens with one attached hydrogen (secondary N) is 1. The van der Waals surface area contributed by atoms with Crippen LogP contribution in [0, 0.1) is 13.8 Å². The molecule has 0 aliphatic carbocycles. The number of rotatable bonds is 7. The van der Waals surface area contributed by atoms with Gasteiger partial charge in [0.2, 0.25) is 5.91 Å². The van der Waals surface area contributed by atoms with Crippen LogP contribution in [0.5, 0.6) is 0 Å². The fraction of sp³-hybridized carbons (Fsp3) is 0.529. The molecule has 2 aromatic heterocycles. The average molecular weight is 363 g/mol. The first-order valence-electron chi connectivity index (χ1n) is 8.14. The van der Waals surface area contributed by atoms with Crippen LogP contribution in [0.3, 0.4) is 0 Å². The Morgan fingerprint density at radius 2 is 2.04 bits per heavy atom. The lowest BCUT2D eigenvalue weighted by atomic mass is 10.1. The number of carbonyl (C=O) groups is 2. The summed E-state index contributed by atoms with van der Waals surface area (Å²) in [6.07, 6.45) is 4.04. The molecule has 7 nitrogen and oxygen atoms in total. The molecule has 1 amide bonds. The molecule has 0 spiro atoms. The number of hydrogen-bond donors (Lipinski definition) is 1. The number of amides is 1. The van der Waals surface area contributed by atoms with Crippen molar-refractivity contribution < 1.29 is 9.59 Å². The summed E-state index contributed by atoms with van der Waals surface area (Å²) in [5.41, 5.74) is 3.11. The number of imidazole rings is 1. The van der Waals surface area contributed by atoms with Gasteiger partial charge in [0.1, 0.15) is 0 Å². The summed E-state index contributed by atoms with van der Waals surface area (Å²) in [5, 5.41) is 8.27. The molecule has 25 heavy (non-hydrogen) atoms. The van der Waals surface area contributed by atoms with Crippen LogP contribution in [0.4, 0.5) is 0 Å². The average Bonchev–Trinajstić information content (AvgIpc) is 3.04. The molecule has 1 atom stereocenters. The summed E-state index contributed by atoms with van der Waals surface area (Å²) in [4.78, 5) is 28.3. The van der Waals surface area contributed by atoms with E-state index < -0.39 is 0 Å². The largest absolute Gasteiger partial charge is 0.350 e. The summed E-state index contributed by atoms with van der Waals surface area (Å²) in [6.45, 7) is 7.59. The minimum Gasteiger partial charge on any atom is -0.350 e. The highest BCUT2D eigenvalue weighted by Crippen LogP contribution is 2.20. The molecular formula is C17H25N5O2S. The molecule has 0 saturated heterocycles. The smallest absolute Gasteiger partial charge is 0.222 e. The maximum atomic E-state index is 12.3. The third-order valence-electron chi connectivity index (χ3n) is 4.27. The number of aromatic nitrogens is 4. The standard InChI is InChI=1S/C17H25N5O2S/c1-10(22-12(3)16(13(4)23)11(2)20-22)7-15(24)18-8-14-9-19-17(25-6)21(14)5/h9-10H,7-8H2,1-6H3,(H,18,24)/t10-/m1/s1. The summed E-state index contributed by atoms with van der Waals surface area (Å²) in [6, 6.07) is -0.125. The Labute approximate surface area is 152 Å². The van der Waals surface area contributed by atoms with Gasteiger partial charge in [-0.1, -0.05) is 11.8 Å². The van der Waals surface area contributed by atoms with Gasteiger partial charge in [0.25, 0.3) is 0 Å². The Hall–Kier alpha value is -2.09. The van der Waals surface area contributed by atoms with Gasteiger partial charge in [-0.3, -0.25) is 14.3 Å². The van der Waals surface area contributed by atoms with Gasteiger partial charge in [0.05, 0.1) is 35.7 Å². The molecule has 2 heterocycles. The van der Waals surface area contributed by atoms with Crippen LogP contribution in [0.15, 0.2) is 11.4 Å². The fourth-order valence-electron chi connectivity index (χ4n) is 3.00. The van der Waals surface area contributed by atoms with Crippen LogP contribution in [-0.4, -0.2) is 37.3 Å². The molecule has 0 aromatic carbocycles. The van der Waals surface area contributed by atoms with Gasteiger partial charge in [-0.05, 0) is 34.0 Å². The van der Waals surface area contributed by atoms with Crippen molar-refractivity contribution in [1.82, 2.24) is 24.6 Å². The van der Waals surface area contributed by atoms with Gasteiger partial charge in [-0.25, -0.2) is 4.98 Å². The van der Waals surface area contributed by atoms with Crippen molar-refractivity contribution in [2.75, 3.05) is 6.26 Å². The molecule has 2 aromatic rings.